The lowest BCUT2D eigenvalue weighted by atomic mass is 10.1. The number of hydrogen-bond acceptors (Lipinski definition) is 2. The number of nitrogens with zero attached hydrogens (tertiary/aromatic N) is 1. The molecule has 0 atom stereocenters. The lowest BCUT2D eigenvalue weighted by molar-refractivity contribution is 0.572. The number of benzene rings is 1. The second-order valence-corrected chi connectivity index (χ2v) is 3.51. The van der Waals surface area contributed by atoms with Crippen LogP contribution in [0.15, 0.2) is 41.3 Å². The van der Waals surface area contributed by atoms with Crippen LogP contribution in [0.1, 0.15) is 5.69 Å². The number of rotatable bonds is 1. The van der Waals surface area contributed by atoms with Gasteiger partial charge in [-0.15, -0.1) is 0 Å². The number of para-hydroxylation sites is 1. The van der Waals surface area contributed by atoms with E-state index in [0.717, 1.165) is 27.9 Å². The van der Waals surface area contributed by atoms with E-state index in [-0.39, 0.29) is 0 Å². The molecule has 0 amide bonds. The SMILES string of the molecule is Cc1ncoc1-c1c[nH]c2ccccc12. The summed E-state index contributed by atoms with van der Waals surface area (Å²) in [5.41, 5.74) is 3.10. The van der Waals surface area contributed by atoms with Crippen LogP contribution in [0.2, 0.25) is 0 Å². The van der Waals surface area contributed by atoms with Gasteiger partial charge in [0.1, 0.15) is 0 Å². The van der Waals surface area contributed by atoms with Crippen molar-refractivity contribution in [1.29, 1.82) is 0 Å². The van der Waals surface area contributed by atoms with E-state index in [4.69, 9.17) is 4.42 Å². The number of aromatic amines is 1. The van der Waals surface area contributed by atoms with Crippen LogP contribution in [0.3, 0.4) is 0 Å². The number of aryl methyl sites for hydroxylation is 1. The molecule has 2 aromatic heterocycles. The first kappa shape index (κ1) is 8.29. The van der Waals surface area contributed by atoms with Crippen molar-refractivity contribution < 1.29 is 4.42 Å². The van der Waals surface area contributed by atoms with Crippen molar-refractivity contribution in [2.75, 3.05) is 0 Å². The third kappa shape index (κ3) is 1.16. The van der Waals surface area contributed by atoms with E-state index in [2.05, 4.69) is 16.0 Å². The van der Waals surface area contributed by atoms with E-state index in [1.54, 1.807) is 0 Å². The van der Waals surface area contributed by atoms with E-state index in [1.807, 2.05) is 31.3 Å². The molecule has 0 aliphatic heterocycles. The molecule has 0 aliphatic rings. The molecular formula is C12H10N2O. The number of oxazole rings is 1. The molecule has 3 heteroatoms. The maximum absolute atomic E-state index is 5.39. The van der Waals surface area contributed by atoms with Crippen molar-refractivity contribution in [3.05, 3.63) is 42.5 Å². The monoisotopic (exact) mass is 198 g/mol. The Morgan fingerprint density at radius 1 is 1.27 bits per heavy atom. The zero-order chi connectivity index (χ0) is 10.3. The minimum absolute atomic E-state index is 0.840. The smallest absolute Gasteiger partial charge is 0.181 e. The molecule has 0 saturated carbocycles. The van der Waals surface area contributed by atoms with Gasteiger partial charge in [-0.25, -0.2) is 4.98 Å². The molecule has 1 N–H and O–H groups in total. The molecule has 0 unspecified atom stereocenters. The van der Waals surface area contributed by atoms with Crippen LogP contribution < -0.4 is 0 Å². The highest BCUT2D eigenvalue weighted by Crippen LogP contribution is 2.29. The summed E-state index contributed by atoms with van der Waals surface area (Å²) in [6.07, 6.45) is 3.44. The third-order valence-electron chi connectivity index (χ3n) is 2.58. The summed E-state index contributed by atoms with van der Waals surface area (Å²) in [5, 5.41) is 1.16. The molecule has 0 bridgehead atoms. The number of H-pyrrole nitrogens is 1. The van der Waals surface area contributed by atoms with Gasteiger partial charge in [0.2, 0.25) is 0 Å². The molecule has 0 saturated heterocycles. The van der Waals surface area contributed by atoms with Crippen molar-refractivity contribution in [2.45, 2.75) is 6.92 Å². The molecule has 3 nitrogen and oxygen atoms in total. The largest absolute Gasteiger partial charge is 0.443 e. The summed E-state index contributed by atoms with van der Waals surface area (Å²) in [6.45, 7) is 1.95. The minimum Gasteiger partial charge on any atom is -0.443 e. The van der Waals surface area contributed by atoms with Crippen LogP contribution in [0.5, 0.6) is 0 Å². The molecule has 74 valence electrons. The number of fused-ring (bicyclic) bond motifs is 1. The summed E-state index contributed by atoms with van der Waals surface area (Å²) < 4.78 is 5.39. The quantitative estimate of drug-likeness (QED) is 0.652. The Hall–Kier alpha value is -2.03. The lowest BCUT2D eigenvalue weighted by Gasteiger charge is -1.94. The highest BCUT2D eigenvalue weighted by molar-refractivity contribution is 5.94. The van der Waals surface area contributed by atoms with Crippen molar-refractivity contribution in [3.63, 3.8) is 0 Å². The highest BCUT2D eigenvalue weighted by Gasteiger charge is 2.11. The Morgan fingerprint density at radius 2 is 2.13 bits per heavy atom. The van der Waals surface area contributed by atoms with Crippen LogP contribution >= 0.6 is 0 Å². The molecule has 0 aliphatic carbocycles. The maximum Gasteiger partial charge on any atom is 0.181 e. The fourth-order valence-electron chi connectivity index (χ4n) is 1.82. The van der Waals surface area contributed by atoms with E-state index in [1.165, 1.54) is 6.39 Å². The topological polar surface area (TPSA) is 41.8 Å². The Kier molecular flexibility index (Phi) is 1.65. The molecule has 0 fully saturated rings. The standard InChI is InChI=1S/C12H10N2O/c1-8-12(15-7-14-8)10-6-13-11-5-3-2-4-9(10)11/h2-7,13H,1H3. The Bertz CT molecular complexity index is 607. The molecule has 0 spiro atoms. The van der Waals surface area contributed by atoms with E-state index in [9.17, 15) is 0 Å². The van der Waals surface area contributed by atoms with Crippen molar-refractivity contribution >= 4 is 10.9 Å². The van der Waals surface area contributed by atoms with Crippen molar-refractivity contribution in [2.24, 2.45) is 0 Å². The first-order valence-electron chi connectivity index (χ1n) is 4.83. The Labute approximate surface area is 86.8 Å². The fraction of sp³-hybridized carbons (Fsp3) is 0.0833. The fourth-order valence-corrected chi connectivity index (χ4v) is 1.82. The first-order chi connectivity index (χ1) is 7.36. The number of nitrogens with one attached hydrogen (secondary N) is 1. The van der Waals surface area contributed by atoms with Crippen molar-refractivity contribution in [3.8, 4) is 11.3 Å². The lowest BCUT2D eigenvalue weighted by Crippen LogP contribution is -1.76. The van der Waals surface area contributed by atoms with Gasteiger partial charge in [0.05, 0.1) is 5.69 Å². The highest BCUT2D eigenvalue weighted by atomic mass is 16.3. The average molecular weight is 198 g/mol. The van der Waals surface area contributed by atoms with Gasteiger partial charge in [-0.2, -0.15) is 0 Å². The zero-order valence-corrected chi connectivity index (χ0v) is 8.32. The minimum atomic E-state index is 0.840. The van der Waals surface area contributed by atoms with Crippen LogP contribution in [-0.2, 0) is 0 Å². The van der Waals surface area contributed by atoms with Gasteiger partial charge in [0.15, 0.2) is 12.2 Å². The van der Waals surface area contributed by atoms with Crippen LogP contribution in [-0.4, -0.2) is 9.97 Å². The Balaban J connectivity index is 2.32. The predicted octanol–water partition coefficient (Wildman–Crippen LogP) is 3.13. The number of hydrogen-bond donors (Lipinski definition) is 1. The van der Waals surface area contributed by atoms with Gasteiger partial charge in [-0.1, -0.05) is 18.2 Å². The summed E-state index contributed by atoms with van der Waals surface area (Å²) in [5.74, 6) is 0.840. The summed E-state index contributed by atoms with van der Waals surface area (Å²) in [6, 6.07) is 8.15. The molecule has 15 heavy (non-hydrogen) atoms. The predicted molar refractivity (Wildman–Crippen MR) is 58.5 cm³/mol. The third-order valence-corrected chi connectivity index (χ3v) is 2.58. The second kappa shape index (κ2) is 2.98. The molecule has 1 aromatic carbocycles. The molecular weight excluding hydrogens is 188 g/mol. The van der Waals surface area contributed by atoms with Gasteiger partial charge < -0.3 is 9.40 Å². The normalized spacial score (nSPS) is 11.0. The Morgan fingerprint density at radius 3 is 2.93 bits per heavy atom. The second-order valence-electron chi connectivity index (χ2n) is 3.51. The van der Waals surface area contributed by atoms with Gasteiger partial charge >= 0.3 is 0 Å². The van der Waals surface area contributed by atoms with Gasteiger partial charge in [-0.3, -0.25) is 0 Å². The van der Waals surface area contributed by atoms with E-state index >= 15 is 0 Å². The average Bonchev–Trinajstić information content (AvgIpc) is 2.83. The molecule has 3 aromatic rings. The molecule has 0 radical (unpaired) electrons. The van der Waals surface area contributed by atoms with Gasteiger partial charge in [0, 0.05) is 22.7 Å². The van der Waals surface area contributed by atoms with Crippen LogP contribution in [0.4, 0.5) is 0 Å². The van der Waals surface area contributed by atoms with Gasteiger partial charge in [0.25, 0.3) is 0 Å². The zero-order valence-electron chi connectivity index (χ0n) is 8.32. The van der Waals surface area contributed by atoms with Gasteiger partial charge in [-0.05, 0) is 13.0 Å². The number of aromatic nitrogens is 2. The summed E-state index contributed by atoms with van der Waals surface area (Å²) in [7, 11) is 0. The van der Waals surface area contributed by atoms with E-state index in [0.29, 0.717) is 0 Å². The van der Waals surface area contributed by atoms with E-state index < -0.39 is 0 Å². The molecule has 2 heterocycles. The first-order valence-corrected chi connectivity index (χ1v) is 4.83. The van der Waals surface area contributed by atoms with Crippen LogP contribution in [0.25, 0.3) is 22.2 Å². The maximum atomic E-state index is 5.39. The van der Waals surface area contributed by atoms with Crippen LogP contribution in [0, 0.1) is 6.92 Å². The summed E-state index contributed by atoms with van der Waals surface area (Å²) >= 11 is 0. The van der Waals surface area contributed by atoms with Crippen molar-refractivity contribution in [1.82, 2.24) is 9.97 Å². The molecule has 3 rings (SSSR count). The summed E-state index contributed by atoms with van der Waals surface area (Å²) in [4.78, 5) is 7.31.